The van der Waals surface area contributed by atoms with Crippen LogP contribution >= 0.6 is 0 Å². The molecule has 2 heterocycles. The normalized spacial score (nSPS) is 24.9. The highest BCUT2D eigenvalue weighted by atomic mass is 16.2. The van der Waals surface area contributed by atoms with Crippen LogP contribution in [-0.2, 0) is 9.59 Å². The highest BCUT2D eigenvalue weighted by molar-refractivity contribution is 6.11. The Bertz CT molecular complexity index is 964. The monoisotopic (exact) mass is 396 g/mol. The zero-order valence-electron chi connectivity index (χ0n) is 17.2. The largest absolute Gasteiger partial charge is 0.361 e. The van der Waals surface area contributed by atoms with E-state index in [1.807, 2.05) is 18.2 Å². The van der Waals surface area contributed by atoms with Crippen molar-refractivity contribution in [2.75, 3.05) is 11.9 Å². The van der Waals surface area contributed by atoms with Crippen molar-refractivity contribution in [1.29, 1.82) is 0 Å². The fourth-order valence-electron chi connectivity index (χ4n) is 4.66. The first-order valence-corrected chi connectivity index (χ1v) is 10.2. The van der Waals surface area contributed by atoms with Crippen LogP contribution in [0.5, 0.6) is 0 Å². The molecule has 1 aliphatic carbocycles. The minimum atomic E-state index is -0.847. The van der Waals surface area contributed by atoms with Crippen LogP contribution in [0.15, 0.2) is 30.5 Å². The standard InChI is InChI=1S/C22H28N4O3/c1-21(2,3)14-7-10-22(11-8-14)19(28)26(20(29)25-22)13-18(27)24-17-6-4-5-16-15(17)9-12-23-16/h4-6,9,12,14,23H,7-8,10-11,13H2,1-3H3,(H,24,27)(H,25,29). The number of aromatic nitrogens is 1. The Morgan fingerprint density at radius 3 is 2.62 bits per heavy atom. The van der Waals surface area contributed by atoms with Gasteiger partial charge in [-0.1, -0.05) is 26.8 Å². The van der Waals surface area contributed by atoms with Gasteiger partial charge in [0.05, 0.1) is 5.69 Å². The number of nitrogens with one attached hydrogen (secondary N) is 3. The molecule has 0 atom stereocenters. The average molecular weight is 396 g/mol. The fraction of sp³-hybridized carbons (Fsp3) is 0.500. The molecule has 154 valence electrons. The summed E-state index contributed by atoms with van der Waals surface area (Å²) in [6.07, 6.45) is 4.84. The smallest absolute Gasteiger partial charge is 0.325 e. The van der Waals surface area contributed by atoms with Crippen LogP contribution in [0.1, 0.15) is 46.5 Å². The maximum atomic E-state index is 13.1. The van der Waals surface area contributed by atoms with E-state index in [0.29, 0.717) is 24.4 Å². The van der Waals surface area contributed by atoms with E-state index in [2.05, 4.69) is 36.4 Å². The highest BCUT2D eigenvalue weighted by Gasteiger charge is 2.53. The van der Waals surface area contributed by atoms with Gasteiger partial charge in [0.1, 0.15) is 12.1 Å². The summed E-state index contributed by atoms with van der Waals surface area (Å²) >= 11 is 0. The number of amides is 4. The number of urea groups is 1. The topological polar surface area (TPSA) is 94.3 Å². The van der Waals surface area contributed by atoms with Gasteiger partial charge in [0.2, 0.25) is 5.91 Å². The van der Waals surface area contributed by atoms with Gasteiger partial charge < -0.3 is 15.6 Å². The molecule has 4 amide bonds. The zero-order valence-corrected chi connectivity index (χ0v) is 17.2. The second-order valence-corrected chi connectivity index (χ2v) is 9.34. The minimum Gasteiger partial charge on any atom is -0.361 e. The second-order valence-electron chi connectivity index (χ2n) is 9.34. The molecule has 1 aliphatic heterocycles. The van der Waals surface area contributed by atoms with Gasteiger partial charge in [0.25, 0.3) is 5.91 Å². The third-order valence-corrected chi connectivity index (χ3v) is 6.48. The number of carbonyl (C=O) groups is 3. The van der Waals surface area contributed by atoms with Crippen molar-refractivity contribution in [1.82, 2.24) is 15.2 Å². The summed E-state index contributed by atoms with van der Waals surface area (Å²) in [4.78, 5) is 42.3. The van der Waals surface area contributed by atoms with Crippen molar-refractivity contribution in [3.8, 4) is 0 Å². The number of hydrogen-bond donors (Lipinski definition) is 3. The summed E-state index contributed by atoms with van der Waals surface area (Å²) in [7, 11) is 0. The summed E-state index contributed by atoms with van der Waals surface area (Å²) in [5.41, 5.74) is 0.903. The highest BCUT2D eigenvalue weighted by Crippen LogP contribution is 2.43. The molecule has 2 aliphatic rings. The molecule has 1 aromatic heterocycles. The lowest BCUT2D eigenvalue weighted by Crippen LogP contribution is -2.50. The van der Waals surface area contributed by atoms with Crippen LogP contribution in [-0.4, -0.2) is 39.8 Å². The molecule has 0 unspecified atom stereocenters. The summed E-state index contributed by atoms with van der Waals surface area (Å²) in [5.74, 6) is -0.135. The van der Waals surface area contributed by atoms with E-state index in [-0.39, 0.29) is 23.8 Å². The first-order chi connectivity index (χ1) is 13.7. The summed E-state index contributed by atoms with van der Waals surface area (Å²) in [6.45, 7) is 6.36. The van der Waals surface area contributed by atoms with Crippen molar-refractivity contribution in [2.24, 2.45) is 11.3 Å². The molecule has 2 fully saturated rings. The van der Waals surface area contributed by atoms with Crippen molar-refractivity contribution >= 4 is 34.4 Å². The average Bonchev–Trinajstić information content (AvgIpc) is 3.22. The number of carbonyl (C=O) groups excluding carboxylic acids is 3. The number of rotatable bonds is 3. The molecule has 0 radical (unpaired) electrons. The number of imide groups is 1. The molecule has 29 heavy (non-hydrogen) atoms. The number of anilines is 1. The van der Waals surface area contributed by atoms with Gasteiger partial charge in [-0.3, -0.25) is 14.5 Å². The Balaban J connectivity index is 1.43. The molecule has 1 spiro atoms. The van der Waals surface area contributed by atoms with Gasteiger partial charge >= 0.3 is 6.03 Å². The Labute approximate surface area is 170 Å². The van der Waals surface area contributed by atoms with E-state index in [4.69, 9.17) is 0 Å². The number of benzene rings is 1. The SMILES string of the molecule is CC(C)(C)C1CCC2(CC1)NC(=O)N(CC(=O)Nc1cccc3[nH]ccc13)C2=O. The lowest BCUT2D eigenvalue weighted by Gasteiger charge is -2.40. The van der Waals surface area contributed by atoms with Crippen LogP contribution in [0.4, 0.5) is 10.5 Å². The van der Waals surface area contributed by atoms with Crippen LogP contribution in [0, 0.1) is 11.3 Å². The van der Waals surface area contributed by atoms with E-state index in [1.54, 1.807) is 12.3 Å². The number of aromatic amines is 1. The zero-order chi connectivity index (χ0) is 20.8. The molecule has 1 saturated carbocycles. The first kappa shape index (κ1) is 19.5. The number of nitrogens with zero attached hydrogens (tertiary/aromatic N) is 1. The Kier molecular flexibility index (Phi) is 4.63. The van der Waals surface area contributed by atoms with Crippen LogP contribution in [0.3, 0.4) is 0 Å². The fourth-order valence-corrected chi connectivity index (χ4v) is 4.66. The maximum Gasteiger partial charge on any atom is 0.325 e. The first-order valence-electron chi connectivity index (χ1n) is 10.2. The molecule has 1 saturated heterocycles. The molecule has 7 nitrogen and oxygen atoms in total. The van der Waals surface area contributed by atoms with Crippen LogP contribution in [0.25, 0.3) is 10.9 Å². The van der Waals surface area contributed by atoms with Crippen molar-refractivity contribution in [2.45, 2.75) is 52.0 Å². The van der Waals surface area contributed by atoms with E-state index in [1.165, 1.54) is 0 Å². The lowest BCUT2D eigenvalue weighted by molar-refractivity contribution is -0.135. The van der Waals surface area contributed by atoms with Crippen LogP contribution in [0.2, 0.25) is 0 Å². The lowest BCUT2D eigenvalue weighted by atomic mass is 9.67. The van der Waals surface area contributed by atoms with Crippen molar-refractivity contribution < 1.29 is 14.4 Å². The van der Waals surface area contributed by atoms with Gasteiger partial charge in [-0.25, -0.2) is 4.79 Å². The predicted molar refractivity (Wildman–Crippen MR) is 111 cm³/mol. The Morgan fingerprint density at radius 2 is 1.93 bits per heavy atom. The Hall–Kier alpha value is -2.83. The second kappa shape index (κ2) is 6.90. The molecule has 0 bridgehead atoms. The Morgan fingerprint density at radius 1 is 1.21 bits per heavy atom. The third kappa shape index (κ3) is 3.50. The molecule has 7 heteroatoms. The van der Waals surface area contributed by atoms with E-state index >= 15 is 0 Å². The van der Waals surface area contributed by atoms with Gasteiger partial charge in [-0.05, 0) is 55.2 Å². The maximum absolute atomic E-state index is 13.1. The molecular formula is C22H28N4O3. The van der Waals surface area contributed by atoms with Crippen LogP contribution < -0.4 is 10.6 Å². The quantitative estimate of drug-likeness (QED) is 0.692. The van der Waals surface area contributed by atoms with Gasteiger partial charge in [0.15, 0.2) is 0 Å². The minimum absolute atomic E-state index is 0.187. The molecule has 2 aromatic rings. The van der Waals surface area contributed by atoms with Crippen molar-refractivity contribution in [3.05, 3.63) is 30.5 Å². The number of hydrogen-bond acceptors (Lipinski definition) is 3. The number of H-pyrrole nitrogens is 1. The van der Waals surface area contributed by atoms with Gasteiger partial charge in [-0.2, -0.15) is 0 Å². The molecular weight excluding hydrogens is 368 g/mol. The third-order valence-electron chi connectivity index (χ3n) is 6.48. The summed E-state index contributed by atoms with van der Waals surface area (Å²) in [6, 6.07) is 6.96. The van der Waals surface area contributed by atoms with E-state index in [0.717, 1.165) is 28.6 Å². The predicted octanol–water partition coefficient (Wildman–Crippen LogP) is 3.63. The molecule has 4 rings (SSSR count). The summed E-state index contributed by atoms with van der Waals surface area (Å²) in [5, 5.41) is 6.60. The van der Waals surface area contributed by atoms with Crippen molar-refractivity contribution in [3.63, 3.8) is 0 Å². The molecule has 1 aromatic carbocycles. The van der Waals surface area contributed by atoms with Gasteiger partial charge in [-0.15, -0.1) is 0 Å². The van der Waals surface area contributed by atoms with E-state index in [9.17, 15) is 14.4 Å². The number of fused-ring (bicyclic) bond motifs is 1. The molecule has 3 N–H and O–H groups in total. The van der Waals surface area contributed by atoms with E-state index < -0.39 is 11.6 Å². The van der Waals surface area contributed by atoms with Gasteiger partial charge in [0, 0.05) is 17.1 Å². The summed E-state index contributed by atoms with van der Waals surface area (Å²) < 4.78 is 0.